The molecule has 0 amide bonds. The van der Waals surface area contributed by atoms with Crippen LogP contribution in [-0.2, 0) is 16.0 Å². The molecule has 9 aromatic carbocycles. The van der Waals surface area contributed by atoms with E-state index in [9.17, 15) is 64.4 Å². The number of rotatable bonds is 6. The van der Waals surface area contributed by atoms with Crippen LogP contribution in [0.25, 0.3) is 93.0 Å². The average molecular weight is 1970 g/mol. The Balaban J connectivity index is 0.000000127. The topological polar surface area (TPSA) is 454 Å². The highest BCUT2D eigenvalue weighted by Gasteiger charge is 2.28. The van der Waals surface area contributed by atoms with Gasteiger partial charge in [-0.3, -0.25) is 33.3 Å². The van der Waals surface area contributed by atoms with Gasteiger partial charge in [-0.2, -0.15) is 0 Å². The fraction of sp³-hybridized carbons (Fsp3) is 0.167. The highest BCUT2D eigenvalue weighted by molar-refractivity contribution is 6.43. The van der Waals surface area contributed by atoms with Gasteiger partial charge >= 0.3 is 0 Å². The summed E-state index contributed by atoms with van der Waals surface area (Å²) in [6.45, 7) is 6.32. The number of nitrogens with one attached hydrogen (secondary N) is 2. The summed E-state index contributed by atoms with van der Waals surface area (Å²) < 4.78 is 26.4. The predicted octanol–water partition coefficient (Wildman–Crippen LogP) is 17.2. The van der Waals surface area contributed by atoms with Crippen LogP contribution in [0.5, 0.6) is 46.0 Å². The number of anilines is 2. The lowest BCUT2D eigenvalue weighted by Crippen LogP contribution is -2.36. The van der Waals surface area contributed by atoms with Crippen LogP contribution in [0.4, 0.5) is 16.0 Å². The number of morpholine rings is 2. The molecule has 0 unspecified atom stereocenters. The number of halogens is 12. The summed E-state index contributed by atoms with van der Waals surface area (Å²) in [4.78, 5) is 107. The fourth-order valence-corrected chi connectivity index (χ4v) is 15.7. The Morgan fingerprint density at radius 2 is 0.891 bits per heavy atom. The first-order chi connectivity index (χ1) is 61.8. The Hall–Kier alpha value is -12.1. The summed E-state index contributed by atoms with van der Waals surface area (Å²) in [5.74, 6) is 0.429. The highest BCUT2D eigenvalue weighted by atomic mass is 35.5. The molecule has 10 heterocycles. The number of benzene rings is 9. The number of aromatic amines is 2. The molecule has 3 aliphatic rings. The van der Waals surface area contributed by atoms with Gasteiger partial charge < -0.3 is 75.0 Å². The Morgan fingerprint density at radius 3 is 1.47 bits per heavy atom. The second-order valence-corrected chi connectivity index (χ2v) is 32.5. The standard InChI is InChI=1S/C14H7Cl2FN2O2.C12H11Cl2N3O2.C12H12ClN3O2.C11H11Cl2N3O.C11H8Cl2N2O2.C8H4Cl2N2O2.C8H6N2O2.C8H6N2O/c15-9-5-10(16)13(20)12-11(9)14(21)19(6-18-12)8-3-1-7(17)2-4-8;13-7-5-8(14)11(18)10-9(7)12(16-6-15-10)17-1-3-19-4-2-17;13-9-2-1-8-10(11(9)17)14-7-15-12(8)16-3-5-18-6-4-16;1-16(2)5-6-4-14-9-7(12)3-8(13)11(17)10(9)15-6;12-6-3-7(13)10(16)9-8(6)11(17)15(4-14-9)5-1-2-5;9-3-1-4(10)7(13)6-5(3)8(14)12-2-11-6;11-6-3-1-2-5-7(6)9-4-10-8(5)12;11-7-3-1-2-6-4-9-5-10-8(6)7/h1-6,20H;5-6,18H,1-4H2;1-2,7,17H,3-6H2;3-4,17H,5H2,1-2H3;3-5,16H,1-2H2;1-2,13H,(H,11,12,14);1-4,11H,(H,9,10,12);1-5,11H. The third-order valence-electron chi connectivity index (χ3n) is 19.2. The van der Waals surface area contributed by atoms with Crippen LogP contribution in [0.3, 0.4) is 0 Å². The van der Waals surface area contributed by atoms with Crippen molar-refractivity contribution in [1.82, 2.24) is 83.8 Å². The van der Waals surface area contributed by atoms with Gasteiger partial charge in [-0.1, -0.05) is 146 Å². The van der Waals surface area contributed by atoms with Crippen molar-refractivity contribution in [1.29, 1.82) is 0 Å². The number of aromatic hydroxyl groups is 8. The van der Waals surface area contributed by atoms with E-state index in [1.165, 1.54) is 110 Å². The predicted molar refractivity (Wildman–Crippen MR) is 496 cm³/mol. The van der Waals surface area contributed by atoms with Crippen LogP contribution < -0.4 is 32.0 Å². The largest absolute Gasteiger partial charge is 0.506 e. The van der Waals surface area contributed by atoms with Crippen LogP contribution in [0.2, 0.25) is 55.2 Å². The molecule has 20 rings (SSSR count). The number of ether oxygens (including phenoxy) is 2. The quantitative estimate of drug-likeness (QED) is 0.0739. The molecule has 33 nitrogen and oxygen atoms in total. The van der Waals surface area contributed by atoms with Crippen molar-refractivity contribution in [3.05, 3.63) is 268 Å². The number of phenolic OH excluding ortho intramolecular Hbond substituents is 8. The third kappa shape index (κ3) is 21.6. The maximum atomic E-state index is 12.9. The molecule has 10 N–H and O–H groups in total. The molecule has 1 saturated carbocycles. The zero-order chi connectivity index (χ0) is 92.3. The minimum absolute atomic E-state index is 0.00563. The fourth-order valence-electron chi connectivity index (χ4n) is 12.9. The molecule has 8 aromatic heterocycles. The van der Waals surface area contributed by atoms with Crippen molar-refractivity contribution in [2.75, 3.05) is 76.5 Å². The molecule has 664 valence electrons. The first kappa shape index (κ1) is 94.5. The smallest absolute Gasteiger partial charge is 0.267 e. The Labute approximate surface area is 780 Å². The van der Waals surface area contributed by atoms with Gasteiger partial charge in [-0.15, -0.1) is 0 Å². The van der Waals surface area contributed by atoms with E-state index in [-0.39, 0.29) is 136 Å². The average Bonchev–Trinajstić information content (AvgIpc) is 0.784. The number of nitrogens with zero attached hydrogens (tertiary/aromatic N) is 17. The Kier molecular flexibility index (Phi) is 30.8. The summed E-state index contributed by atoms with van der Waals surface area (Å²) in [5, 5.41) is 82.6. The van der Waals surface area contributed by atoms with Crippen molar-refractivity contribution in [2.45, 2.75) is 25.4 Å². The molecule has 129 heavy (non-hydrogen) atoms. The summed E-state index contributed by atoms with van der Waals surface area (Å²) in [6, 6.07) is 25.9. The van der Waals surface area contributed by atoms with Crippen molar-refractivity contribution < 1.29 is 54.7 Å². The minimum Gasteiger partial charge on any atom is -0.506 e. The molecule has 2 aliphatic heterocycles. The van der Waals surface area contributed by atoms with Crippen LogP contribution in [-0.4, -0.2) is 191 Å². The van der Waals surface area contributed by atoms with Crippen molar-refractivity contribution in [3.63, 3.8) is 0 Å². The summed E-state index contributed by atoms with van der Waals surface area (Å²) >= 11 is 64.8. The number of H-pyrrole nitrogens is 2. The van der Waals surface area contributed by atoms with Crippen LogP contribution in [0.15, 0.2) is 179 Å². The maximum absolute atomic E-state index is 12.9. The van der Waals surface area contributed by atoms with Crippen LogP contribution in [0, 0.1) is 5.82 Å². The third-order valence-corrected chi connectivity index (χ3v) is 22.4. The zero-order valence-electron chi connectivity index (χ0n) is 66.5. The normalized spacial score (nSPS) is 12.9. The van der Waals surface area contributed by atoms with Gasteiger partial charge in [0.2, 0.25) is 0 Å². The molecular weight excluding hydrogens is 1910 g/mol. The van der Waals surface area contributed by atoms with E-state index >= 15 is 0 Å². The molecular formula is C84H65Cl11FN19O14. The maximum Gasteiger partial charge on any atom is 0.267 e. The van der Waals surface area contributed by atoms with Crippen molar-refractivity contribution >= 4 is 227 Å². The highest BCUT2D eigenvalue weighted by Crippen LogP contribution is 2.43. The van der Waals surface area contributed by atoms with E-state index in [4.69, 9.17) is 137 Å². The van der Waals surface area contributed by atoms with Crippen LogP contribution in [0.1, 0.15) is 24.6 Å². The van der Waals surface area contributed by atoms with Gasteiger partial charge in [-0.25, -0.2) is 59.2 Å². The monoisotopic (exact) mass is 1970 g/mol. The molecule has 1 aliphatic carbocycles. The number of para-hydroxylation sites is 2. The molecule has 0 atom stereocenters. The lowest BCUT2D eigenvalue weighted by Gasteiger charge is -2.28. The number of fused-ring (bicyclic) bond motifs is 8. The van der Waals surface area contributed by atoms with E-state index in [2.05, 4.69) is 79.6 Å². The second-order valence-electron chi connectivity index (χ2n) is 28.0. The summed E-state index contributed by atoms with van der Waals surface area (Å²) in [7, 11) is 3.85. The lowest BCUT2D eigenvalue weighted by atomic mass is 10.2. The number of hydrogen-bond donors (Lipinski definition) is 10. The Morgan fingerprint density at radius 1 is 0.419 bits per heavy atom. The van der Waals surface area contributed by atoms with Crippen LogP contribution >= 0.6 is 128 Å². The molecule has 2 saturated heterocycles. The van der Waals surface area contributed by atoms with E-state index in [0.717, 1.165) is 61.3 Å². The minimum atomic E-state index is -0.483. The van der Waals surface area contributed by atoms with E-state index in [1.54, 1.807) is 47.3 Å². The van der Waals surface area contributed by atoms with Gasteiger partial charge in [0.05, 0.1) is 145 Å². The Bertz CT molecular complexity index is 7370. The van der Waals surface area contributed by atoms with E-state index in [0.29, 0.717) is 103 Å². The van der Waals surface area contributed by atoms with Gasteiger partial charge in [0.1, 0.15) is 104 Å². The molecule has 17 aromatic rings. The van der Waals surface area contributed by atoms with Crippen molar-refractivity contribution in [2.24, 2.45) is 0 Å². The van der Waals surface area contributed by atoms with Gasteiger partial charge in [-0.05, 0) is 112 Å². The number of hydrogen-bond acceptors (Lipinski definition) is 29. The van der Waals surface area contributed by atoms with E-state index < -0.39 is 16.9 Å². The summed E-state index contributed by atoms with van der Waals surface area (Å²) in [6.07, 6.45) is 14.6. The second kappa shape index (κ2) is 42.0. The van der Waals surface area contributed by atoms with Crippen molar-refractivity contribution in [3.8, 4) is 51.7 Å². The first-order valence-corrected chi connectivity index (χ1v) is 42.0. The van der Waals surface area contributed by atoms with Gasteiger partial charge in [0.15, 0.2) is 34.5 Å². The van der Waals surface area contributed by atoms with Gasteiger partial charge in [0.25, 0.3) is 22.2 Å². The van der Waals surface area contributed by atoms with Gasteiger partial charge in [0, 0.05) is 55.7 Å². The zero-order valence-corrected chi connectivity index (χ0v) is 74.8. The SMILES string of the molecule is CN(C)Cc1cnc2c(Cl)cc(Cl)c(O)c2n1.O=c1[nH]cnc2c(O)c(Cl)cc(Cl)c12.O=c1[nH]cnc2c(O)cccc12.O=c1c2c(Cl)cc(Cl)c(O)c2ncn1-c1ccc(F)cc1.O=c1c2c(Cl)cc(Cl)c(O)c2ncn1C1CC1.Oc1c(Cl)cc(Cl)c2c(N3CCOCC3)ncnc12.Oc1c(Cl)ccc2c(N3CCOCC3)ncnc12.Oc1cccc2cncnc12. The molecule has 0 bridgehead atoms. The van der Waals surface area contributed by atoms with E-state index in [1.807, 2.05) is 31.1 Å². The summed E-state index contributed by atoms with van der Waals surface area (Å²) in [5.41, 5.74) is 2.68. The number of phenols is 8. The number of aromatic nitrogens is 16. The first-order valence-electron chi connectivity index (χ1n) is 37.9. The molecule has 0 spiro atoms. The molecule has 0 radical (unpaired) electrons. The molecule has 45 heteroatoms. The lowest BCUT2D eigenvalue weighted by molar-refractivity contribution is 0.122. The molecule has 3 fully saturated rings.